The third kappa shape index (κ3) is 8.45. The van der Waals surface area contributed by atoms with E-state index in [1.54, 1.807) is 7.11 Å². The largest absolute Gasteiger partial charge is 0.497 e. The Labute approximate surface area is 178 Å². The number of methoxy groups -OCH3 is 1. The molecular formula is C24H40O4Si. The average Bonchev–Trinajstić information content (AvgIpc) is 2.67. The normalized spacial score (nSPS) is 15.9. The van der Waals surface area contributed by atoms with Crippen LogP contribution < -0.4 is 4.74 Å². The van der Waals surface area contributed by atoms with Gasteiger partial charge in [0.15, 0.2) is 8.32 Å². The Hall–Kier alpha value is -1.43. The van der Waals surface area contributed by atoms with E-state index in [1.165, 1.54) is 0 Å². The van der Waals surface area contributed by atoms with Crippen molar-refractivity contribution in [3.05, 3.63) is 42.0 Å². The van der Waals surface area contributed by atoms with E-state index in [1.807, 2.05) is 31.2 Å². The lowest BCUT2D eigenvalue weighted by Gasteiger charge is -2.42. The van der Waals surface area contributed by atoms with Gasteiger partial charge in [0.05, 0.1) is 26.4 Å². The topological polar surface area (TPSA) is 44.8 Å². The van der Waals surface area contributed by atoms with Crippen molar-refractivity contribution in [3.8, 4) is 5.75 Å². The average molecular weight is 421 g/mol. The molecule has 0 saturated carbocycles. The fraction of sp³-hybridized carbons (Fsp3) is 0.625. The lowest BCUT2D eigenvalue weighted by Crippen LogP contribution is -2.47. The van der Waals surface area contributed by atoms with E-state index in [0.29, 0.717) is 13.2 Å². The maximum Gasteiger partial charge on any atom is 0.192 e. The maximum atomic E-state index is 11.5. The molecule has 0 aliphatic heterocycles. The lowest BCUT2D eigenvalue weighted by molar-refractivity contribution is -0.114. The molecule has 0 spiro atoms. The molecule has 0 unspecified atom stereocenters. The highest BCUT2D eigenvalue weighted by Crippen LogP contribution is 2.39. The monoisotopic (exact) mass is 420 g/mol. The van der Waals surface area contributed by atoms with Crippen LogP contribution in [-0.4, -0.2) is 34.4 Å². The Kier molecular flexibility index (Phi) is 10.3. The Balaban J connectivity index is 2.52. The molecule has 0 fully saturated rings. The van der Waals surface area contributed by atoms with E-state index in [9.17, 15) is 4.79 Å². The van der Waals surface area contributed by atoms with Gasteiger partial charge in [-0.25, -0.2) is 0 Å². The summed E-state index contributed by atoms with van der Waals surface area (Å²) in [6.07, 6.45) is 6.02. The molecule has 29 heavy (non-hydrogen) atoms. The molecule has 0 amide bonds. The summed E-state index contributed by atoms with van der Waals surface area (Å²) in [5.74, 6) is 1.00. The highest BCUT2D eigenvalue weighted by Gasteiger charge is 2.41. The Morgan fingerprint density at radius 3 is 2.21 bits per heavy atom. The van der Waals surface area contributed by atoms with Gasteiger partial charge in [-0.05, 0) is 48.2 Å². The summed E-state index contributed by atoms with van der Waals surface area (Å²) >= 11 is 0. The predicted molar refractivity (Wildman–Crippen MR) is 123 cm³/mol. The SMILES string of the molecule is COc1ccc(COC/C=C\C[C@@H](C)[C@@H](O[Si](C)(C)C(C)(C)C)[C@H](C)C=O)cc1. The van der Waals surface area contributed by atoms with Crippen LogP contribution in [-0.2, 0) is 20.6 Å². The molecule has 0 bridgehead atoms. The summed E-state index contributed by atoms with van der Waals surface area (Å²) in [5, 5.41) is 0.124. The first kappa shape index (κ1) is 25.6. The zero-order chi connectivity index (χ0) is 22.1. The van der Waals surface area contributed by atoms with Gasteiger partial charge in [-0.15, -0.1) is 0 Å². The zero-order valence-corrected chi connectivity index (χ0v) is 20.5. The van der Waals surface area contributed by atoms with Crippen LogP contribution in [0.5, 0.6) is 5.75 Å². The fourth-order valence-electron chi connectivity index (χ4n) is 2.82. The third-order valence-corrected chi connectivity index (χ3v) is 10.3. The van der Waals surface area contributed by atoms with E-state index in [-0.39, 0.29) is 23.0 Å². The molecule has 0 radical (unpaired) electrons. The zero-order valence-electron chi connectivity index (χ0n) is 19.5. The van der Waals surface area contributed by atoms with Gasteiger partial charge in [0.25, 0.3) is 0 Å². The number of allylic oxidation sites excluding steroid dienone is 1. The molecule has 0 aliphatic carbocycles. The van der Waals surface area contributed by atoms with E-state index in [0.717, 1.165) is 24.0 Å². The second-order valence-electron chi connectivity index (χ2n) is 9.39. The first-order valence-corrected chi connectivity index (χ1v) is 13.4. The minimum Gasteiger partial charge on any atom is -0.497 e. The van der Waals surface area contributed by atoms with Crippen LogP contribution in [0.1, 0.15) is 46.6 Å². The highest BCUT2D eigenvalue weighted by atomic mass is 28.4. The molecule has 1 rings (SSSR count). The van der Waals surface area contributed by atoms with Crippen LogP contribution in [0.2, 0.25) is 18.1 Å². The maximum absolute atomic E-state index is 11.5. The Morgan fingerprint density at radius 2 is 1.69 bits per heavy atom. The third-order valence-electron chi connectivity index (χ3n) is 5.85. The van der Waals surface area contributed by atoms with Crippen molar-refractivity contribution in [1.82, 2.24) is 0 Å². The molecule has 0 aliphatic rings. The van der Waals surface area contributed by atoms with Gasteiger partial charge in [0.2, 0.25) is 0 Å². The number of carbonyl (C=O) groups is 1. The summed E-state index contributed by atoms with van der Waals surface area (Å²) in [4.78, 5) is 11.5. The highest BCUT2D eigenvalue weighted by molar-refractivity contribution is 6.74. The second-order valence-corrected chi connectivity index (χ2v) is 14.1. The van der Waals surface area contributed by atoms with Gasteiger partial charge in [-0.3, -0.25) is 0 Å². The summed E-state index contributed by atoms with van der Waals surface area (Å²) in [7, 11) is -0.269. The van der Waals surface area contributed by atoms with Gasteiger partial charge < -0.3 is 18.7 Å². The minimum absolute atomic E-state index is 0.0572. The van der Waals surface area contributed by atoms with Crippen LogP contribution in [0.15, 0.2) is 36.4 Å². The van der Waals surface area contributed by atoms with E-state index < -0.39 is 8.32 Å². The van der Waals surface area contributed by atoms with E-state index >= 15 is 0 Å². The molecule has 4 nitrogen and oxygen atoms in total. The number of rotatable bonds is 12. The van der Waals surface area contributed by atoms with Crippen LogP contribution in [0.4, 0.5) is 0 Å². The Morgan fingerprint density at radius 1 is 1.07 bits per heavy atom. The smallest absolute Gasteiger partial charge is 0.192 e. The number of hydrogen-bond acceptors (Lipinski definition) is 4. The molecule has 1 aromatic rings. The van der Waals surface area contributed by atoms with Gasteiger partial charge in [-0.2, -0.15) is 0 Å². The van der Waals surface area contributed by atoms with Gasteiger partial charge >= 0.3 is 0 Å². The van der Waals surface area contributed by atoms with Crippen LogP contribution in [0.25, 0.3) is 0 Å². The standard InChI is InChI=1S/C24H40O4Si/c1-19(23(20(2)17-25)28-29(7,8)24(3,4)5)11-9-10-16-27-18-21-12-14-22(26-6)15-13-21/h9-10,12-15,17,19-20,23H,11,16,18H2,1-8H3/b10-9-/t19-,20-,23-/m1/s1. The van der Waals surface area contributed by atoms with Crippen molar-refractivity contribution in [2.75, 3.05) is 13.7 Å². The molecule has 0 saturated heterocycles. The molecule has 5 heteroatoms. The molecule has 0 aromatic heterocycles. The molecule has 1 aromatic carbocycles. The predicted octanol–water partition coefficient (Wildman–Crippen LogP) is 6.02. The summed E-state index contributed by atoms with van der Waals surface area (Å²) < 4.78 is 17.5. The summed E-state index contributed by atoms with van der Waals surface area (Å²) in [5.41, 5.74) is 1.12. The van der Waals surface area contributed by atoms with Crippen molar-refractivity contribution >= 4 is 14.6 Å². The number of benzene rings is 1. The lowest BCUT2D eigenvalue weighted by atomic mass is 9.92. The van der Waals surface area contributed by atoms with Crippen LogP contribution >= 0.6 is 0 Å². The van der Waals surface area contributed by atoms with E-state index in [4.69, 9.17) is 13.9 Å². The summed E-state index contributed by atoms with van der Waals surface area (Å²) in [6, 6.07) is 7.89. The molecule has 3 atom stereocenters. The number of ether oxygens (including phenoxy) is 2. The molecule has 164 valence electrons. The Bertz CT molecular complexity index is 631. The van der Waals surface area contributed by atoms with Crippen LogP contribution in [0.3, 0.4) is 0 Å². The number of hydrogen-bond donors (Lipinski definition) is 0. The number of aldehydes is 1. The molecular weight excluding hydrogens is 380 g/mol. The molecule has 0 N–H and O–H groups in total. The van der Waals surface area contributed by atoms with Crippen molar-refractivity contribution in [2.24, 2.45) is 11.8 Å². The van der Waals surface area contributed by atoms with Crippen molar-refractivity contribution in [2.45, 2.75) is 71.9 Å². The van der Waals surface area contributed by atoms with Crippen molar-refractivity contribution in [1.29, 1.82) is 0 Å². The first-order chi connectivity index (χ1) is 13.5. The van der Waals surface area contributed by atoms with Crippen molar-refractivity contribution in [3.63, 3.8) is 0 Å². The fourth-order valence-corrected chi connectivity index (χ4v) is 4.30. The molecule has 0 heterocycles. The van der Waals surface area contributed by atoms with Gasteiger partial charge in [0, 0.05) is 5.92 Å². The van der Waals surface area contributed by atoms with E-state index in [2.05, 4.69) is 52.9 Å². The quantitative estimate of drug-likeness (QED) is 0.179. The van der Waals surface area contributed by atoms with Crippen LogP contribution in [0, 0.1) is 11.8 Å². The van der Waals surface area contributed by atoms with Gasteiger partial charge in [0.1, 0.15) is 12.0 Å². The second kappa shape index (κ2) is 11.7. The first-order valence-electron chi connectivity index (χ1n) is 10.5. The van der Waals surface area contributed by atoms with Crippen molar-refractivity contribution < 1.29 is 18.7 Å². The summed E-state index contributed by atoms with van der Waals surface area (Å²) in [6.45, 7) is 16.4. The number of carbonyl (C=O) groups excluding carboxylic acids is 1. The minimum atomic E-state index is -1.93. The van der Waals surface area contributed by atoms with Gasteiger partial charge in [-0.1, -0.05) is 58.9 Å².